The van der Waals surface area contributed by atoms with Crippen molar-refractivity contribution in [1.82, 2.24) is 15.1 Å². The summed E-state index contributed by atoms with van der Waals surface area (Å²) in [6.07, 6.45) is 2.34. The van der Waals surface area contributed by atoms with Gasteiger partial charge in [-0.2, -0.15) is 0 Å². The molecule has 0 amide bonds. The van der Waals surface area contributed by atoms with Gasteiger partial charge in [0, 0.05) is 30.1 Å². The van der Waals surface area contributed by atoms with E-state index in [1.807, 2.05) is 18.2 Å². The van der Waals surface area contributed by atoms with E-state index in [2.05, 4.69) is 34.0 Å². The molecule has 1 aromatic heterocycles. The zero-order chi connectivity index (χ0) is 18.1. The Morgan fingerprint density at radius 1 is 1.00 bits per heavy atom. The van der Waals surface area contributed by atoms with Crippen LogP contribution >= 0.6 is 0 Å². The van der Waals surface area contributed by atoms with E-state index in [1.54, 1.807) is 6.07 Å². The Bertz CT molecular complexity index is 1020. The Hall–Kier alpha value is -3.00. The Kier molecular flexibility index (Phi) is 4.26. The largest absolute Gasteiger partial charge is 0.330 e. The van der Waals surface area contributed by atoms with Crippen molar-refractivity contribution in [2.45, 2.75) is 25.8 Å². The molecule has 0 radical (unpaired) electrons. The Morgan fingerprint density at radius 3 is 2.54 bits per heavy atom. The first-order chi connectivity index (χ1) is 12.6. The molecule has 1 aliphatic rings. The van der Waals surface area contributed by atoms with Gasteiger partial charge < -0.3 is 4.90 Å². The zero-order valence-corrected chi connectivity index (χ0v) is 14.3. The Morgan fingerprint density at radius 2 is 1.81 bits per heavy atom. The minimum Gasteiger partial charge on any atom is -0.330 e. The molecule has 3 aromatic rings. The molecule has 1 atom stereocenters. The molecule has 0 unspecified atom stereocenters. The second kappa shape index (κ2) is 6.72. The van der Waals surface area contributed by atoms with Crippen molar-refractivity contribution in [3.8, 4) is 23.1 Å². The van der Waals surface area contributed by atoms with E-state index < -0.39 is 11.6 Å². The van der Waals surface area contributed by atoms with Crippen LogP contribution in [0.25, 0.3) is 22.0 Å². The van der Waals surface area contributed by atoms with Crippen molar-refractivity contribution in [1.29, 1.82) is 0 Å². The van der Waals surface area contributed by atoms with Gasteiger partial charge in [-0.1, -0.05) is 12.1 Å². The van der Waals surface area contributed by atoms with Crippen LogP contribution in [-0.2, 0) is 0 Å². The van der Waals surface area contributed by atoms with Gasteiger partial charge in [-0.05, 0) is 61.1 Å². The summed E-state index contributed by atoms with van der Waals surface area (Å²) in [4.78, 5) is 2.13. The summed E-state index contributed by atoms with van der Waals surface area (Å²) in [7, 11) is 0. The average Bonchev–Trinajstić information content (AvgIpc) is 3.03. The number of hydrogen-bond donors (Lipinski definition) is 0. The smallest absolute Gasteiger partial charge is 0.138 e. The van der Waals surface area contributed by atoms with Gasteiger partial charge in [0.1, 0.15) is 17.3 Å². The Labute approximate surface area is 150 Å². The van der Waals surface area contributed by atoms with Gasteiger partial charge in [0.25, 0.3) is 0 Å². The molecule has 26 heavy (non-hydrogen) atoms. The predicted molar refractivity (Wildman–Crippen MR) is 97.2 cm³/mol. The van der Waals surface area contributed by atoms with E-state index in [4.69, 9.17) is 0 Å². The third kappa shape index (κ3) is 3.36. The van der Waals surface area contributed by atoms with E-state index in [9.17, 15) is 8.78 Å². The topological polar surface area (TPSA) is 29.0 Å². The quantitative estimate of drug-likeness (QED) is 0.611. The summed E-state index contributed by atoms with van der Waals surface area (Å²) in [5.41, 5.74) is 2.43. The first kappa shape index (κ1) is 16.5. The van der Waals surface area contributed by atoms with Gasteiger partial charge in [0.05, 0.1) is 5.52 Å². The van der Waals surface area contributed by atoms with E-state index in [-0.39, 0.29) is 0 Å². The lowest BCUT2D eigenvalue weighted by Gasteiger charge is -2.14. The molecule has 4 rings (SSSR count). The summed E-state index contributed by atoms with van der Waals surface area (Å²) in [5, 5.41) is 9.27. The SMILES string of the molecule is C[C@@H]1CCCN1C#Cc1cc2ccc(-c3cc(F)cc(F)c3)cc2nn1. The van der Waals surface area contributed by atoms with Crippen LogP contribution in [0.5, 0.6) is 0 Å². The molecule has 3 nitrogen and oxygen atoms in total. The van der Waals surface area contributed by atoms with E-state index in [0.717, 1.165) is 18.0 Å². The maximum absolute atomic E-state index is 13.4. The highest BCUT2D eigenvalue weighted by atomic mass is 19.1. The van der Waals surface area contributed by atoms with Crippen LogP contribution < -0.4 is 0 Å². The van der Waals surface area contributed by atoms with Crippen LogP contribution in [-0.4, -0.2) is 27.7 Å². The maximum Gasteiger partial charge on any atom is 0.138 e. The normalized spacial score (nSPS) is 16.6. The predicted octanol–water partition coefficient (Wildman–Crippen LogP) is 4.37. The fraction of sp³-hybridized carbons (Fsp3) is 0.238. The molecule has 0 saturated carbocycles. The molecule has 0 spiro atoms. The maximum atomic E-state index is 13.4. The van der Waals surface area contributed by atoms with Crippen LogP contribution in [0.15, 0.2) is 42.5 Å². The number of nitrogens with zero attached hydrogens (tertiary/aromatic N) is 3. The fourth-order valence-electron chi connectivity index (χ4n) is 3.23. The van der Waals surface area contributed by atoms with E-state index in [0.29, 0.717) is 28.4 Å². The van der Waals surface area contributed by atoms with Crippen molar-refractivity contribution in [2.75, 3.05) is 6.54 Å². The number of hydrogen-bond acceptors (Lipinski definition) is 3. The van der Waals surface area contributed by atoms with Crippen molar-refractivity contribution < 1.29 is 8.78 Å². The fourth-order valence-corrected chi connectivity index (χ4v) is 3.23. The van der Waals surface area contributed by atoms with Crippen molar-refractivity contribution in [2.24, 2.45) is 0 Å². The van der Waals surface area contributed by atoms with Crippen LogP contribution in [0.2, 0.25) is 0 Å². The molecule has 0 N–H and O–H groups in total. The van der Waals surface area contributed by atoms with Crippen LogP contribution in [0.3, 0.4) is 0 Å². The monoisotopic (exact) mass is 349 g/mol. The third-order valence-electron chi connectivity index (χ3n) is 4.66. The van der Waals surface area contributed by atoms with E-state index in [1.165, 1.54) is 25.0 Å². The molecule has 130 valence electrons. The van der Waals surface area contributed by atoms with E-state index >= 15 is 0 Å². The van der Waals surface area contributed by atoms with Crippen molar-refractivity contribution >= 4 is 10.9 Å². The Balaban J connectivity index is 1.65. The summed E-state index contributed by atoms with van der Waals surface area (Å²) in [5.74, 6) is 1.87. The number of benzene rings is 2. The van der Waals surface area contributed by atoms with Gasteiger partial charge in [-0.15, -0.1) is 10.2 Å². The molecule has 1 saturated heterocycles. The molecule has 1 fully saturated rings. The molecule has 5 heteroatoms. The summed E-state index contributed by atoms with van der Waals surface area (Å²) in [6.45, 7) is 3.16. The highest BCUT2D eigenvalue weighted by Gasteiger charge is 2.16. The molecular weight excluding hydrogens is 332 g/mol. The number of aromatic nitrogens is 2. The molecule has 2 heterocycles. The van der Waals surface area contributed by atoms with Crippen LogP contribution in [0.4, 0.5) is 8.78 Å². The number of halogens is 2. The average molecular weight is 349 g/mol. The van der Waals surface area contributed by atoms with Gasteiger partial charge in [-0.3, -0.25) is 0 Å². The lowest BCUT2D eigenvalue weighted by atomic mass is 10.0. The lowest BCUT2D eigenvalue weighted by molar-refractivity contribution is 0.395. The van der Waals surface area contributed by atoms with Gasteiger partial charge in [0.15, 0.2) is 0 Å². The minimum absolute atomic E-state index is 0.470. The molecule has 0 bridgehead atoms. The standard InChI is InChI=1S/C21H17F2N3/c1-14-3-2-7-26(14)8-6-20-11-16-5-4-15(12-21(16)25-24-20)17-9-18(22)13-19(23)10-17/h4-5,9-14H,2-3,7H2,1H3/t14-/m1/s1. The molecular formula is C21H17F2N3. The number of likely N-dealkylation sites (tertiary alicyclic amines) is 1. The van der Waals surface area contributed by atoms with Crippen LogP contribution in [0.1, 0.15) is 25.5 Å². The lowest BCUT2D eigenvalue weighted by Crippen LogP contribution is -2.20. The zero-order valence-electron chi connectivity index (χ0n) is 14.3. The summed E-state index contributed by atoms with van der Waals surface area (Å²) in [6, 6.07) is 14.4. The first-order valence-corrected chi connectivity index (χ1v) is 8.61. The van der Waals surface area contributed by atoms with Gasteiger partial charge in [-0.25, -0.2) is 8.78 Å². The van der Waals surface area contributed by atoms with Crippen molar-refractivity contribution in [3.63, 3.8) is 0 Å². The first-order valence-electron chi connectivity index (χ1n) is 8.61. The molecule has 1 aliphatic heterocycles. The number of fused-ring (bicyclic) bond motifs is 1. The summed E-state index contributed by atoms with van der Waals surface area (Å²) >= 11 is 0. The highest BCUT2D eigenvalue weighted by Crippen LogP contribution is 2.25. The van der Waals surface area contributed by atoms with Crippen LogP contribution in [0, 0.1) is 23.6 Å². The summed E-state index contributed by atoms with van der Waals surface area (Å²) < 4.78 is 26.9. The van der Waals surface area contributed by atoms with Gasteiger partial charge in [0.2, 0.25) is 0 Å². The van der Waals surface area contributed by atoms with Gasteiger partial charge >= 0.3 is 0 Å². The molecule has 2 aromatic carbocycles. The minimum atomic E-state index is -0.604. The third-order valence-corrected chi connectivity index (χ3v) is 4.66. The molecule has 0 aliphatic carbocycles. The van der Waals surface area contributed by atoms with Crippen molar-refractivity contribution in [3.05, 3.63) is 59.8 Å². The second-order valence-electron chi connectivity index (χ2n) is 6.58. The number of rotatable bonds is 1. The second-order valence-corrected chi connectivity index (χ2v) is 6.58. The highest BCUT2D eigenvalue weighted by molar-refractivity contribution is 5.84.